The lowest BCUT2D eigenvalue weighted by molar-refractivity contribution is 0.0543. The molecule has 22 heavy (non-hydrogen) atoms. The van der Waals surface area contributed by atoms with Crippen LogP contribution in [-0.4, -0.2) is 46.1 Å². The van der Waals surface area contributed by atoms with Crippen LogP contribution in [0.5, 0.6) is 0 Å². The zero-order chi connectivity index (χ0) is 15.3. The lowest BCUT2D eigenvalue weighted by Crippen LogP contribution is -2.54. The molecule has 1 aromatic heterocycles. The third kappa shape index (κ3) is 2.34. The number of benzene rings is 1. The van der Waals surface area contributed by atoms with E-state index in [1.807, 2.05) is 13.1 Å². The summed E-state index contributed by atoms with van der Waals surface area (Å²) in [5.74, 6) is -0.145. The predicted octanol–water partition coefficient (Wildman–Crippen LogP) is 2.99. The number of hydrogen-bond donors (Lipinski definition) is 0. The number of hydrogen-bond acceptors (Lipinski definition) is 2. The monoisotopic (exact) mass is 301 g/mol. The fourth-order valence-electron chi connectivity index (χ4n) is 4.26. The van der Waals surface area contributed by atoms with Gasteiger partial charge in [0.05, 0.1) is 0 Å². The smallest absolute Gasteiger partial charge is 0.123 e. The first-order valence-corrected chi connectivity index (χ1v) is 8.33. The molecule has 4 rings (SSSR count). The van der Waals surface area contributed by atoms with Crippen molar-refractivity contribution in [1.82, 2.24) is 14.4 Å². The zero-order valence-corrected chi connectivity index (χ0v) is 13.4. The van der Waals surface area contributed by atoms with E-state index < -0.39 is 0 Å². The molecule has 1 aromatic carbocycles. The van der Waals surface area contributed by atoms with Gasteiger partial charge in [-0.15, -0.1) is 0 Å². The van der Waals surface area contributed by atoms with Crippen LogP contribution in [0.2, 0.25) is 0 Å². The molecule has 0 saturated carbocycles. The first-order valence-electron chi connectivity index (χ1n) is 8.33. The lowest BCUT2D eigenvalue weighted by atomic mass is 10.1. The van der Waals surface area contributed by atoms with Crippen LogP contribution >= 0.6 is 0 Å². The van der Waals surface area contributed by atoms with E-state index in [1.165, 1.54) is 31.5 Å². The van der Waals surface area contributed by atoms with Crippen LogP contribution in [0, 0.1) is 5.82 Å². The van der Waals surface area contributed by atoms with Gasteiger partial charge in [0.15, 0.2) is 0 Å². The number of aromatic nitrogens is 1. The number of rotatable bonds is 2. The Hall–Kier alpha value is -1.39. The molecule has 4 heteroatoms. The van der Waals surface area contributed by atoms with E-state index in [4.69, 9.17) is 0 Å². The molecule has 3 heterocycles. The molecular formula is C18H24FN3. The molecule has 2 aromatic rings. The second kappa shape index (κ2) is 5.36. The van der Waals surface area contributed by atoms with Gasteiger partial charge >= 0.3 is 0 Å². The summed E-state index contributed by atoms with van der Waals surface area (Å²) in [6.45, 7) is 6.82. The van der Waals surface area contributed by atoms with Gasteiger partial charge in [-0.25, -0.2) is 4.39 Å². The molecule has 118 valence electrons. The largest absolute Gasteiger partial charge is 0.350 e. The summed E-state index contributed by atoms with van der Waals surface area (Å²) in [5, 5.41) is 1.06. The maximum atomic E-state index is 13.6. The van der Waals surface area contributed by atoms with Gasteiger partial charge in [-0.1, -0.05) is 0 Å². The van der Waals surface area contributed by atoms with Crippen molar-refractivity contribution in [3.63, 3.8) is 0 Å². The quantitative estimate of drug-likeness (QED) is 0.845. The van der Waals surface area contributed by atoms with E-state index in [-0.39, 0.29) is 5.82 Å². The number of halogens is 1. The number of fused-ring (bicyclic) bond motifs is 2. The Morgan fingerprint density at radius 1 is 1.27 bits per heavy atom. The molecule has 2 aliphatic heterocycles. The summed E-state index contributed by atoms with van der Waals surface area (Å²) in [4.78, 5) is 5.22. The average Bonchev–Trinajstić information content (AvgIpc) is 3.04. The van der Waals surface area contributed by atoms with Crippen molar-refractivity contribution in [2.45, 2.75) is 38.4 Å². The minimum absolute atomic E-state index is 0.145. The third-order valence-electron chi connectivity index (χ3n) is 5.47. The first-order chi connectivity index (χ1) is 10.6. The topological polar surface area (TPSA) is 11.4 Å². The summed E-state index contributed by atoms with van der Waals surface area (Å²) in [7, 11) is 2.04. The van der Waals surface area contributed by atoms with Crippen molar-refractivity contribution >= 4 is 10.9 Å². The summed E-state index contributed by atoms with van der Waals surface area (Å²) in [5.41, 5.74) is 2.36. The Kier molecular flexibility index (Phi) is 3.46. The molecule has 2 aliphatic rings. The van der Waals surface area contributed by atoms with Gasteiger partial charge in [0.25, 0.3) is 0 Å². The molecule has 0 aliphatic carbocycles. The van der Waals surface area contributed by atoms with Crippen molar-refractivity contribution in [3.8, 4) is 0 Å². The van der Waals surface area contributed by atoms with Crippen molar-refractivity contribution in [1.29, 1.82) is 0 Å². The fraction of sp³-hybridized carbons (Fsp3) is 0.556. The van der Waals surface area contributed by atoms with E-state index in [9.17, 15) is 4.39 Å². The summed E-state index contributed by atoms with van der Waals surface area (Å²) in [6.07, 6.45) is 4.83. The highest BCUT2D eigenvalue weighted by atomic mass is 19.1. The summed E-state index contributed by atoms with van der Waals surface area (Å²) >= 11 is 0. The Balaban J connectivity index is 1.61. The number of nitrogens with zero attached hydrogens (tertiary/aromatic N) is 3. The van der Waals surface area contributed by atoms with Gasteiger partial charge in [-0.3, -0.25) is 9.80 Å². The van der Waals surface area contributed by atoms with Crippen LogP contribution in [0.1, 0.15) is 25.3 Å². The Labute approximate surface area is 131 Å². The first kappa shape index (κ1) is 14.2. The minimum atomic E-state index is -0.145. The van der Waals surface area contributed by atoms with Crippen LogP contribution in [0.4, 0.5) is 4.39 Å². The van der Waals surface area contributed by atoms with Gasteiger partial charge in [-0.2, -0.15) is 0 Å². The van der Waals surface area contributed by atoms with E-state index in [1.54, 1.807) is 12.1 Å². The molecule has 1 unspecified atom stereocenters. The molecule has 2 atom stereocenters. The predicted molar refractivity (Wildman–Crippen MR) is 87.3 cm³/mol. The molecule has 0 radical (unpaired) electrons. The normalized spacial score (nSPS) is 26.7. The Bertz CT molecular complexity index is 693. The van der Waals surface area contributed by atoms with Crippen molar-refractivity contribution < 1.29 is 4.39 Å². The molecule has 2 fully saturated rings. The molecule has 0 spiro atoms. The summed E-state index contributed by atoms with van der Waals surface area (Å²) in [6, 6.07) is 6.40. The minimum Gasteiger partial charge on any atom is -0.350 e. The third-order valence-corrected chi connectivity index (χ3v) is 5.47. The van der Waals surface area contributed by atoms with Gasteiger partial charge in [0.2, 0.25) is 0 Å². The highest BCUT2D eigenvalue weighted by Crippen LogP contribution is 2.28. The van der Waals surface area contributed by atoms with E-state index in [2.05, 4.69) is 27.5 Å². The van der Waals surface area contributed by atoms with Gasteiger partial charge in [-0.05, 0) is 50.1 Å². The molecule has 0 amide bonds. The Morgan fingerprint density at radius 2 is 2.14 bits per heavy atom. The van der Waals surface area contributed by atoms with Crippen LogP contribution in [0.25, 0.3) is 10.9 Å². The van der Waals surface area contributed by atoms with Gasteiger partial charge in [0, 0.05) is 55.9 Å². The van der Waals surface area contributed by atoms with E-state index in [0.29, 0.717) is 6.04 Å². The maximum absolute atomic E-state index is 13.6. The molecule has 2 saturated heterocycles. The average molecular weight is 301 g/mol. The maximum Gasteiger partial charge on any atom is 0.123 e. The van der Waals surface area contributed by atoms with Crippen LogP contribution < -0.4 is 0 Å². The van der Waals surface area contributed by atoms with Crippen LogP contribution in [0.3, 0.4) is 0 Å². The molecule has 0 N–H and O–H groups in total. The van der Waals surface area contributed by atoms with Crippen molar-refractivity contribution in [2.24, 2.45) is 7.05 Å². The SMILES string of the molecule is C[C@H]1CN2CCCC2CN1Cc1cn(C)c2ccc(F)cc12. The highest BCUT2D eigenvalue weighted by Gasteiger charge is 2.34. The summed E-state index contributed by atoms with van der Waals surface area (Å²) < 4.78 is 15.7. The van der Waals surface area contributed by atoms with Crippen molar-refractivity contribution in [3.05, 3.63) is 35.8 Å². The molecule has 0 bridgehead atoms. The zero-order valence-electron chi connectivity index (χ0n) is 13.4. The fourth-order valence-corrected chi connectivity index (χ4v) is 4.26. The van der Waals surface area contributed by atoms with E-state index in [0.717, 1.165) is 30.0 Å². The standard InChI is InChI=1S/C18H24FN3/c1-13-9-21-7-3-4-16(21)12-22(13)11-14-10-20(2)18-6-5-15(19)8-17(14)18/h5-6,8,10,13,16H,3-4,7,9,11-12H2,1-2H3/t13-,16?/m0/s1. The molecule has 3 nitrogen and oxygen atoms in total. The van der Waals surface area contributed by atoms with Crippen LogP contribution in [-0.2, 0) is 13.6 Å². The molecular weight excluding hydrogens is 277 g/mol. The van der Waals surface area contributed by atoms with Crippen molar-refractivity contribution in [2.75, 3.05) is 19.6 Å². The Morgan fingerprint density at radius 3 is 3.00 bits per heavy atom. The van der Waals surface area contributed by atoms with Crippen LogP contribution in [0.15, 0.2) is 24.4 Å². The van der Waals surface area contributed by atoms with Gasteiger partial charge < -0.3 is 4.57 Å². The second-order valence-electron chi connectivity index (χ2n) is 7.00. The van der Waals surface area contributed by atoms with E-state index >= 15 is 0 Å². The number of piperazine rings is 1. The second-order valence-corrected chi connectivity index (χ2v) is 7.00. The van der Waals surface area contributed by atoms with Gasteiger partial charge in [0.1, 0.15) is 5.82 Å². The lowest BCUT2D eigenvalue weighted by Gasteiger charge is -2.42. The highest BCUT2D eigenvalue weighted by molar-refractivity contribution is 5.84. The number of aryl methyl sites for hydroxylation is 1.